The number of benzene rings is 1. The lowest BCUT2D eigenvalue weighted by molar-refractivity contribution is -0.107. The number of unbranched alkanes of at least 4 members (excludes halogenated alkanes) is 8. The van der Waals surface area contributed by atoms with Crippen molar-refractivity contribution in [3.63, 3.8) is 0 Å². The summed E-state index contributed by atoms with van der Waals surface area (Å²) in [7, 11) is 0. The van der Waals surface area contributed by atoms with Crippen molar-refractivity contribution >= 4 is 12.6 Å². The molecule has 0 aromatic heterocycles. The molecule has 0 spiro atoms. The van der Waals surface area contributed by atoms with Gasteiger partial charge in [0.1, 0.15) is 18.3 Å². The van der Waals surface area contributed by atoms with Gasteiger partial charge in [-0.3, -0.25) is 4.79 Å². The van der Waals surface area contributed by atoms with Gasteiger partial charge in [0.05, 0.1) is 6.61 Å². The van der Waals surface area contributed by atoms with Crippen LogP contribution in [0.4, 0.5) is 0 Å². The molecule has 0 heterocycles. The molecule has 3 nitrogen and oxygen atoms in total. The summed E-state index contributed by atoms with van der Waals surface area (Å²) in [5.41, 5.74) is 0.676. The minimum absolute atomic E-state index is 0.676. The average Bonchev–Trinajstić information content (AvgIpc) is 2.53. The lowest BCUT2D eigenvalue weighted by Crippen LogP contribution is -1.97. The second-order valence-corrected chi connectivity index (χ2v) is 5.32. The quantitative estimate of drug-likeness (QED) is 0.394. The number of aldehydes is 2. The zero-order valence-corrected chi connectivity index (χ0v) is 12.8. The number of rotatable bonds is 13. The van der Waals surface area contributed by atoms with Crippen LogP contribution in [-0.2, 0) is 4.79 Å². The van der Waals surface area contributed by atoms with Crippen LogP contribution >= 0.6 is 0 Å². The Kier molecular flexibility index (Phi) is 10.1. The van der Waals surface area contributed by atoms with Crippen LogP contribution in [0.3, 0.4) is 0 Å². The number of carbonyl (C=O) groups excluding carboxylic acids is 2. The zero-order valence-electron chi connectivity index (χ0n) is 12.8. The third-order valence-electron chi connectivity index (χ3n) is 3.50. The summed E-state index contributed by atoms with van der Waals surface area (Å²) >= 11 is 0. The standard InChI is InChI=1S/C18H26O3/c19-14-8-6-4-2-1-3-5-7-9-15-21-18-12-10-17(16-20)11-13-18/h10-14,16H,1-9,15H2. The average molecular weight is 290 g/mol. The molecule has 3 heteroatoms. The molecular weight excluding hydrogens is 264 g/mol. The Bertz CT molecular complexity index is 384. The number of ether oxygens (including phenoxy) is 1. The van der Waals surface area contributed by atoms with Crippen molar-refractivity contribution in [2.75, 3.05) is 6.61 Å². The highest BCUT2D eigenvalue weighted by molar-refractivity contribution is 5.74. The van der Waals surface area contributed by atoms with Crippen molar-refractivity contribution in [1.82, 2.24) is 0 Å². The molecule has 0 atom stereocenters. The maximum Gasteiger partial charge on any atom is 0.150 e. The largest absolute Gasteiger partial charge is 0.494 e. The van der Waals surface area contributed by atoms with Gasteiger partial charge in [0.25, 0.3) is 0 Å². The molecule has 0 saturated carbocycles. The van der Waals surface area contributed by atoms with Gasteiger partial charge in [0.15, 0.2) is 0 Å². The van der Waals surface area contributed by atoms with Gasteiger partial charge in [-0.25, -0.2) is 0 Å². The second-order valence-electron chi connectivity index (χ2n) is 5.32. The van der Waals surface area contributed by atoms with Gasteiger partial charge in [-0.15, -0.1) is 0 Å². The highest BCUT2D eigenvalue weighted by Gasteiger charge is 1.96. The molecule has 0 fully saturated rings. The fourth-order valence-corrected chi connectivity index (χ4v) is 2.22. The normalized spacial score (nSPS) is 10.3. The first-order chi connectivity index (χ1) is 10.4. The van der Waals surface area contributed by atoms with Crippen molar-refractivity contribution in [2.45, 2.75) is 57.8 Å². The smallest absolute Gasteiger partial charge is 0.150 e. The van der Waals surface area contributed by atoms with Crippen molar-refractivity contribution in [2.24, 2.45) is 0 Å². The highest BCUT2D eigenvalue weighted by atomic mass is 16.5. The van der Waals surface area contributed by atoms with Gasteiger partial charge in [0.2, 0.25) is 0 Å². The topological polar surface area (TPSA) is 43.4 Å². The van der Waals surface area contributed by atoms with Crippen LogP contribution in [0.25, 0.3) is 0 Å². The Hall–Kier alpha value is -1.64. The first-order valence-electron chi connectivity index (χ1n) is 7.98. The Morgan fingerprint density at radius 1 is 0.762 bits per heavy atom. The molecule has 0 bridgehead atoms. The third kappa shape index (κ3) is 9.01. The van der Waals surface area contributed by atoms with Crippen LogP contribution < -0.4 is 4.74 Å². The van der Waals surface area contributed by atoms with E-state index >= 15 is 0 Å². The molecule has 0 saturated heterocycles. The number of hydrogen-bond acceptors (Lipinski definition) is 3. The summed E-state index contributed by atoms with van der Waals surface area (Å²) in [6.45, 7) is 0.736. The molecule has 0 aliphatic heterocycles. The predicted octanol–water partition coefficient (Wildman–Crippen LogP) is 4.59. The summed E-state index contributed by atoms with van der Waals surface area (Å²) in [6.07, 6.45) is 12.1. The summed E-state index contributed by atoms with van der Waals surface area (Å²) in [5.74, 6) is 0.829. The summed E-state index contributed by atoms with van der Waals surface area (Å²) in [4.78, 5) is 20.7. The molecule has 21 heavy (non-hydrogen) atoms. The fourth-order valence-electron chi connectivity index (χ4n) is 2.22. The van der Waals surface area contributed by atoms with Crippen molar-refractivity contribution < 1.29 is 14.3 Å². The Morgan fingerprint density at radius 3 is 1.90 bits per heavy atom. The first kappa shape index (κ1) is 17.4. The molecule has 0 unspecified atom stereocenters. The van der Waals surface area contributed by atoms with E-state index in [4.69, 9.17) is 4.74 Å². The van der Waals surface area contributed by atoms with E-state index in [1.54, 1.807) is 12.1 Å². The van der Waals surface area contributed by atoms with Gasteiger partial charge in [-0.05, 0) is 37.1 Å². The molecule has 1 rings (SSSR count). The van der Waals surface area contributed by atoms with Crippen molar-refractivity contribution in [3.8, 4) is 5.75 Å². The number of hydrogen-bond donors (Lipinski definition) is 0. The van der Waals surface area contributed by atoms with E-state index in [0.29, 0.717) is 12.0 Å². The van der Waals surface area contributed by atoms with E-state index < -0.39 is 0 Å². The van der Waals surface area contributed by atoms with Crippen LogP contribution in [-0.4, -0.2) is 19.2 Å². The van der Waals surface area contributed by atoms with Crippen LogP contribution in [0.2, 0.25) is 0 Å². The maximum absolute atomic E-state index is 10.5. The van der Waals surface area contributed by atoms with Crippen molar-refractivity contribution in [3.05, 3.63) is 29.8 Å². The molecule has 0 aliphatic carbocycles. The molecule has 116 valence electrons. The zero-order chi connectivity index (χ0) is 15.2. The molecule has 0 amide bonds. The highest BCUT2D eigenvalue weighted by Crippen LogP contribution is 2.13. The summed E-state index contributed by atoms with van der Waals surface area (Å²) in [5, 5.41) is 0. The van der Waals surface area contributed by atoms with Gasteiger partial charge >= 0.3 is 0 Å². The van der Waals surface area contributed by atoms with E-state index in [0.717, 1.165) is 37.8 Å². The van der Waals surface area contributed by atoms with Gasteiger partial charge in [-0.2, -0.15) is 0 Å². The lowest BCUT2D eigenvalue weighted by Gasteiger charge is -2.06. The molecule has 0 radical (unpaired) electrons. The lowest BCUT2D eigenvalue weighted by atomic mass is 10.1. The monoisotopic (exact) mass is 290 g/mol. The maximum atomic E-state index is 10.5. The van der Waals surface area contributed by atoms with E-state index in [2.05, 4.69) is 0 Å². The van der Waals surface area contributed by atoms with E-state index in [1.165, 1.54) is 38.5 Å². The minimum Gasteiger partial charge on any atom is -0.494 e. The van der Waals surface area contributed by atoms with Crippen LogP contribution in [0, 0.1) is 0 Å². The molecule has 0 N–H and O–H groups in total. The Balaban J connectivity index is 1.90. The minimum atomic E-state index is 0.676. The second kappa shape index (κ2) is 12.1. The van der Waals surface area contributed by atoms with E-state index in [1.807, 2.05) is 12.1 Å². The van der Waals surface area contributed by atoms with E-state index in [-0.39, 0.29) is 0 Å². The van der Waals surface area contributed by atoms with E-state index in [9.17, 15) is 9.59 Å². The summed E-state index contributed by atoms with van der Waals surface area (Å²) < 4.78 is 5.63. The third-order valence-corrected chi connectivity index (χ3v) is 3.50. The molecular formula is C18H26O3. The van der Waals surface area contributed by atoms with Gasteiger partial charge in [-0.1, -0.05) is 38.5 Å². The first-order valence-corrected chi connectivity index (χ1v) is 7.98. The molecule has 1 aromatic rings. The summed E-state index contributed by atoms with van der Waals surface area (Å²) in [6, 6.07) is 7.21. The van der Waals surface area contributed by atoms with Crippen LogP contribution in [0.15, 0.2) is 24.3 Å². The Labute approximate surface area is 127 Å². The van der Waals surface area contributed by atoms with Gasteiger partial charge in [0, 0.05) is 12.0 Å². The molecule has 1 aromatic carbocycles. The van der Waals surface area contributed by atoms with Crippen LogP contribution in [0.5, 0.6) is 5.75 Å². The molecule has 0 aliphatic rings. The SMILES string of the molecule is O=CCCCCCCCCCCOc1ccc(C=O)cc1. The number of carbonyl (C=O) groups is 2. The van der Waals surface area contributed by atoms with Crippen molar-refractivity contribution in [1.29, 1.82) is 0 Å². The van der Waals surface area contributed by atoms with Gasteiger partial charge < -0.3 is 9.53 Å². The predicted molar refractivity (Wildman–Crippen MR) is 84.9 cm³/mol. The fraction of sp³-hybridized carbons (Fsp3) is 0.556. The Morgan fingerprint density at radius 2 is 1.33 bits per heavy atom. The van der Waals surface area contributed by atoms with Crippen LogP contribution in [0.1, 0.15) is 68.1 Å².